The highest BCUT2D eigenvalue weighted by molar-refractivity contribution is 7.23. The summed E-state index contributed by atoms with van der Waals surface area (Å²) in [5, 5.41) is 7.70. The van der Waals surface area contributed by atoms with Crippen molar-refractivity contribution in [2.45, 2.75) is 65.1 Å². The molecule has 3 aromatic rings. The van der Waals surface area contributed by atoms with E-state index < -0.39 is 5.60 Å². The van der Waals surface area contributed by atoms with Crippen LogP contribution in [0, 0.1) is 5.82 Å². The number of aromatic nitrogens is 1. The monoisotopic (exact) mass is 562 g/mol. The van der Waals surface area contributed by atoms with Gasteiger partial charge in [-0.05, 0) is 58.7 Å². The van der Waals surface area contributed by atoms with Gasteiger partial charge < -0.3 is 20.1 Å². The van der Waals surface area contributed by atoms with Crippen molar-refractivity contribution in [2.75, 3.05) is 32.1 Å². The summed E-state index contributed by atoms with van der Waals surface area (Å²) in [7, 11) is 1.64. The maximum Gasteiger partial charge on any atom is 0.411 e. The molecule has 0 saturated heterocycles. The molecule has 1 aliphatic heterocycles. The highest BCUT2D eigenvalue weighted by Gasteiger charge is 2.39. The van der Waals surface area contributed by atoms with Crippen molar-refractivity contribution in [3.05, 3.63) is 34.5 Å². The van der Waals surface area contributed by atoms with Gasteiger partial charge in [0.25, 0.3) is 0 Å². The van der Waals surface area contributed by atoms with Crippen LogP contribution in [0.4, 0.5) is 14.2 Å². The molecule has 2 aromatic heterocycles. The van der Waals surface area contributed by atoms with Crippen LogP contribution in [0.25, 0.3) is 20.8 Å². The lowest BCUT2D eigenvalue weighted by molar-refractivity contribution is -0.116. The normalized spacial score (nSPS) is 17.5. The summed E-state index contributed by atoms with van der Waals surface area (Å²) >= 11 is 2.93. The van der Waals surface area contributed by atoms with E-state index in [4.69, 9.17) is 14.5 Å². The molecule has 0 spiro atoms. The van der Waals surface area contributed by atoms with E-state index in [1.165, 1.54) is 34.8 Å². The number of halogens is 1. The molecule has 1 aromatic carbocycles. The zero-order chi connectivity index (χ0) is 27.6. The van der Waals surface area contributed by atoms with E-state index in [0.717, 1.165) is 25.7 Å². The standard InChI is InChI=1S/C27H35FN4O4S2/c1-15-13-18-22(24-30-19-14-17(28)7-8-20(19)37-24)25(31-21(33)9-10-29-11-12-35-6)38-23(18)16(2)32(15)26(34)36-27(3,4)5/h7-8,14-16,29H,9-13H2,1-6H3,(H,31,33). The van der Waals surface area contributed by atoms with Crippen molar-refractivity contribution in [3.63, 3.8) is 0 Å². The van der Waals surface area contributed by atoms with Gasteiger partial charge in [-0.1, -0.05) is 0 Å². The average molecular weight is 563 g/mol. The number of fused-ring (bicyclic) bond motifs is 2. The molecule has 2 atom stereocenters. The number of anilines is 1. The topological polar surface area (TPSA) is 92.8 Å². The number of thiophene rings is 1. The molecule has 3 heterocycles. The summed E-state index contributed by atoms with van der Waals surface area (Å²) in [4.78, 5) is 33.5. The first-order chi connectivity index (χ1) is 18.0. The molecule has 8 nitrogen and oxygen atoms in total. The minimum Gasteiger partial charge on any atom is -0.444 e. The number of amides is 2. The second-order valence-electron chi connectivity index (χ2n) is 10.4. The third-order valence-corrected chi connectivity index (χ3v) is 8.61. The van der Waals surface area contributed by atoms with Crippen LogP contribution >= 0.6 is 22.7 Å². The molecule has 2 amide bonds. The van der Waals surface area contributed by atoms with E-state index in [2.05, 4.69) is 10.6 Å². The molecule has 0 aliphatic carbocycles. The lowest BCUT2D eigenvalue weighted by Gasteiger charge is -2.39. The van der Waals surface area contributed by atoms with Crippen molar-refractivity contribution in [1.82, 2.24) is 15.2 Å². The molecule has 38 heavy (non-hydrogen) atoms. The number of nitrogens with zero attached hydrogens (tertiary/aromatic N) is 2. The highest BCUT2D eigenvalue weighted by Crippen LogP contribution is 2.50. The first-order valence-electron chi connectivity index (χ1n) is 12.7. The van der Waals surface area contributed by atoms with Gasteiger partial charge in [0.05, 0.1) is 22.9 Å². The smallest absolute Gasteiger partial charge is 0.411 e. The van der Waals surface area contributed by atoms with Crippen LogP contribution in [0.3, 0.4) is 0 Å². The van der Waals surface area contributed by atoms with Gasteiger partial charge in [0.15, 0.2) is 0 Å². The molecule has 11 heteroatoms. The van der Waals surface area contributed by atoms with Crippen LogP contribution in [0.5, 0.6) is 0 Å². The highest BCUT2D eigenvalue weighted by atomic mass is 32.1. The van der Waals surface area contributed by atoms with Crippen LogP contribution in [0.2, 0.25) is 0 Å². The number of hydrogen-bond acceptors (Lipinski definition) is 8. The van der Waals surface area contributed by atoms with Crippen LogP contribution in [0.1, 0.15) is 57.5 Å². The quantitative estimate of drug-likeness (QED) is 0.329. The molecule has 0 radical (unpaired) electrons. The molecule has 0 saturated carbocycles. The summed E-state index contributed by atoms with van der Waals surface area (Å²) in [5.41, 5.74) is 1.89. The molecule has 4 rings (SSSR count). The number of methoxy groups -OCH3 is 1. The van der Waals surface area contributed by atoms with Crippen LogP contribution < -0.4 is 10.6 Å². The van der Waals surface area contributed by atoms with Crippen molar-refractivity contribution in [1.29, 1.82) is 0 Å². The predicted molar refractivity (Wildman–Crippen MR) is 151 cm³/mol. The SMILES string of the molecule is COCCNCCC(=O)Nc1sc2c(c1-c1nc3cc(F)ccc3s1)CC(C)N(C(=O)OC(C)(C)C)C2C. The molecular formula is C27H35FN4O4S2. The number of rotatable bonds is 8. The fourth-order valence-corrected chi connectivity index (χ4v) is 6.98. The number of carbonyl (C=O) groups excluding carboxylic acids is 2. The zero-order valence-electron chi connectivity index (χ0n) is 22.6. The largest absolute Gasteiger partial charge is 0.444 e. The first kappa shape index (κ1) is 28.4. The molecular weight excluding hydrogens is 527 g/mol. The Kier molecular flexibility index (Phi) is 8.71. The number of nitrogens with one attached hydrogen (secondary N) is 2. The zero-order valence-corrected chi connectivity index (χ0v) is 24.3. The first-order valence-corrected chi connectivity index (χ1v) is 14.3. The molecule has 206 valence electrons. The van der Waals surface area contributed by atoms with Gasteiger partial charge in [0, 0.05) is 49.2 Å². The number of thiazole rings is 1. The maximum absolute atomic E-state index is 13.9. The van der Waals surface area contributed by atoms with Gasteiger partial charge in [-0.25, -0.2) is 14.2 Å². The summed E-state index contributed by atoms with van der Waals surface area (Å²) in [6.45, 7) is 11.3. The minimum absolute atomic E-state index is 0.119. The molecule has 2 N–H and O–H groups in total. The number of carbonyl (C=O) groups is 2. The summed E-state index contributed by atoms with van der Waals surface area (Å²) < 4.78 is 25.5. The Labute approximate surface area is 230 Å². The van der Waals surface area contributed by atoms with Crippen molar-refractivity contribution < 1.29 is 23.5 Å². The van der Waals surface area contributed by atoms with E-state index in [0.29, 0.717) is 43.1 Å². The summed E-state index contributed by atoms with van der Waals surface area (Å²) in [6, 6.07) is 4.20. The second kappa shape index (κ2) is 11.6. The van der Waals surface area contributed by atoms with Gasteiger partial charge in [0.1, 0.15) is 21.4 Å². The van der Waals surface area contributed by atoms with Gasteiger partial charge in [-0.2, -0.15) is 0 Å². The van der Waals surface area contributed by atoms with E-state index in [9.17, 15) is 14.0 Å². The fourth-order valence-electron chi connectivity index (χ4n) is 4.59. The Hall–Kier alpha value is -2.60. The summed E-state index contributed by atoms with van der Waals surface area (Å²) in [6.07, 6.45) is 0.525. The minimum atomic E-state index is -0.607. The van der Waals surface area contributed by atoms with Gasteiger partial charge in [-0.3, -0.25) is 9.69 Å². The van der Waals surface area contributed by atoms with Crippen molar-refractivity contribution in [2.24, 2.45) is 0 Å². The average Bonchev–Trinajstić information content (AvgIpc) is 3.38. The second-order valence-corrected chi connectivity index (χ2v) is 12.5. The van der Waals surface area contributed by atoms with Gasteiger partial charge in [-0.15, -0.1) is 22.7 Å². The van der Waals surface area contributed by atoms with E-state index in [1.807, 2.05) is 34.6 Å². The number of ether oxygens (including phenoxy) is 2. The van der Waals surface area contributed by atoms with E-state index in [-0.39, 0.29) is 29.9 Å². The Morgan fingerprint density at radius 1 is 1.21 bits per heavy atom. The van der Waals surface area contributed by atoms with E-state index in [1.54, 1.807) is 18.1 Å². The molecule has 0 fully saturated rings. The third-order valence-electron chi connectivity index (χ3n) is 6.24. The Morgan fingerprint density at radius 3 is 2.68 bits per heavy atom. The Balaban J connectivity index is 1.69. The van der Waals surface area contributed by atoms with Crippen LogP contribution in [-0.4, -0.2) is 60.3 Å². The van der Waals surface area contributed by atoms with Crippen molar-refractivity contribution in [3.8, 4) is 10.6 Å². The van der Waals surface area contributed by atoms with E-state index >= 15 is 0 Å². The molecule has 0 bridgehead atoms. The summed E-state index contributed by atoms with van der Waals surface area (Å²) in [5.74, 6) is -0.460. The Bertz CT molecular complexity index is 1320. The number of hydrogen-bond donors (Lipinski definition) is 2. The lowest BCUT2D eigenvalue weighted by atomic mass is 9.93. The molecule has 1 aliphatic rings. The van der Waals surface area contributed by atoms with Crippen LogP contribution in [-0.2, 0) is 20.7 Å². The van der Waals surface area contributed by atoms with Gasteiger partial charge >= 0.3 is 6.09 Å². The fraction of sp³-hybridized carbons (Fsp3) is 0.519. The van der Waals surface area contributed by atoms with Crippen LogP contribution in [0.15, 0.2) is 18.2 Å². The molecule has 2 unspecified atom stereocenters. The number of benzene rings is 1. The lowest BCUT2D eigenvalue weighted by Crippen LogP contribution is -2.46. The maximum atomic E-state index is 13.9. The predicted octanol–water partition coefficient (Wildman–Crippen LogP) is 5.97. The van der Waals surface area contributed by atoms with Crippen molar-refractivity contribution >= 4 is 49.9 Å². The third kappa shape index (κ3) is 6.33. The Morgan fingerprint density at radius 2 is 1.97 bits per heavy atom. The van der Waals surface area contributed by atoms with Gasteiger partial charge in [0.2, 0.25) is 5.91 Å².